The Morgan fingerprint density at radius 1 is 1.24 bits per heavy atom. The van der Waals surface area contributed by atoms with E-state index in [1.807, 2.05) is 0 Å². The number of carbonyl (C=O) groups is 1. The lowest BCUT2D eigenvalue weighted by molar-refractivity contribution is -0.137. The number of carboxylic acids is 1. The number of alkyl halides is 3. The van der Waals surface area contributed by atoms with Crippen molar-refractivity contribution in [3.8, 4) is 0 Å². The lowest BCUT2D eigenvalue weighted by Crippen LogP contribution is -2.07. The second-order valence-corrected chi connectivity index (χ2v) is 4.38. The number of aromatic carboxylic acids is 1. The lowest BCUT2D eigenvalue weighted by Gasteiger charge is -2.14. The van der Waals surface area contributed by atoms with Gasteiger partial charge in [0.15, 0.2) is 0 Å². The Balaban J connectivity index is 2.43. The Morgan fingerprint density at radius 3 is 2.57 bits per heavy atom. The van der Waals surface area contributed by atoms with Gasteiger partial charge < -0.3 is 10.4 Å². The van der Waals surface area contributed by atoms with Crippen LogP contribution in [-0.2, 0) is 6.18 Å². The Kier molecular flexibility index (Phi) is 3.84. The smallest absolute Gasteiger partial charge is 0.416 e. The predicted molar refractivity (Wildman–Crippen MR) is 70.7 cm³/mol. The zero-order chi connectivity index (χ0) is 15.6. The average molecular weight is 296 g/mol. The van der Waals surface area contributed by atoms with Crippen LogP contribution < -0.4 is 5.32 Å². The molecule has 21 heavy (non-hydrogen) atoms. The number of nitrogens with zero attached hydrogens (tertiary/aromatic N) is 1. The van der Waals surface area contributed by atoms with Gasteiger partial charge in [0.1, 0.15) is 0 Å². The number of hydrogen-bond acceptors (Lipinski definition) is 3. The number of aromatic nitrogens is 1. The summed E-state index contributed by atoms with van der Waals surface area (Å²) < 4.78 is 38.1. The molecule has 0 aliphatic heterocycles. The van der Waals surface area contributed by atoms with Gasteiger partial charge >= 0.3 is 12.1 Å². The van der Waals surface area contributed by atoms with Gasteiger partial charge in [0.25, 0.3) is 0 Å². The summed E-state index contributed by atoms with van der Waals surface area (Å²) in [6, 6.07) is 4.51. The SMILES string of the molecule is Cc1ccc(C(F)(F)F)cc1Nc1cnccc1C(=O)O. The van der Waals surface area contributed by atoms with E-state index < -0.39 is 17.7 Å². The van der Waals surface area contributed by atoms with Crippen molar-refractivity contribution in [1.82, 2.24) is 4.98 Å². The minimum Gasteiger partial charge on any atom is -0.478 e. The molecule has 1 aromatic heterocycles. The normalized spacial score (nSPS) is 11.2. The van der Waals surface area contributed by atoms with Gasteiger partial charge in [0.05, 0.1) is 23.0 Å². The Labute approximate surface area is 118 Å². The molecule has 4 nitrogen and oxygen atoms in total. The van der Waals surface area contributed by atoms with E-state index in [9.17, 15) is 18.0 Å². The van der Waals surface area contributed by atoms with Crippen LogP contribution >= 0.6 is 0 Å². The number of hydrogen-bond donors (Lipinski definition) is 2. The predicted octanol–water partition coefficient (Wildman–Crippen LogP) is 3.85. The monoisotopic (exact) mass is 296 g/mol. The second kappa shape index (κ2) is 5.43. The minimum atomic E-state index is -4.46. The van der Waals surface area contributed by atoms with E-state index in [1.54, 1.807) is 6.92 Å². The van der Waals surface area contributed by atoms with Crippen LogP contribution in [0.3, 0.4) is 0 Å². The third kappa shape index (κ3) is 3.31. The van der Waals surface area contributed by atoms with Crippen molar-refractivity contribution in [3.63, 3.8) is 0 Å². The molecule has 0 bridgehead atoms. The number of nitrogens with one attached hydrogen (secondary N) is 1. The summed E-state index contributed by atoms with van der Waals surface area (Å²) >= 11 is 0. The molecule has 7 heteroatoms. The summed E-state index contributed by atoms with van der Waals surface area (Å²) in [4.78, 5) is 14.9. The number of pyridine rings is 1. The van der Waals surface area contributed by atoms with Crippen molar-refractivity contribution in [3.05, 3.63) is 53.3 Å². The molecule has 0 aliphatic carbocycles. The van der Waals surface area contributed by atoms with Gasteiger partial charge in [-0.15, -0.1) is 0 Å². The molecule has 2 rings (SSSR count). The van der Waals surface area contributed by atoms with Crippen molar-refractivity contribution >= 4 is 17.3 Å². The van der Waals surface area contributed by atoms with E-state index in [4.69, 9.17) is 5.11 Å². The lowest BCUT2D eigenvalue weighted by atomic mass is 10.1. The first-order valence-corrected chi connectivity index (χ1v) is 5.91. The van der Waals surface area contributed by atoms with E-state index in [-0.39, 0.29) is 16.9 Å². The van der Waals surface area contributed by atoms with Crippen LogP contribution in [0.25, 0.3) is 0 Å². The maximum Gasteiger partial charge on any atom is 0.416 e. The number of anilines is 2. The molecule has 0 fully saturated rings. The van der Waals surface area contributed by atoms with Gasteiger partial charge in [0.2, 0.25) is 0 Å². The molecular weight excluding hydrogens is 285 g/mol. The van der Waals surface area contributed by atoms with Gasteiger partial charge in [-0.3, -0.25) is 4.98 Å². The van der Waals surface area contributed by atoms with Crippen LogP contribution in [0, 0.1) is 6.92 Å². The fourth-order valence-electron chi connectivity index (χ4n) is 1.76. The fraction of sp³-hybridized carbons (Fsp3) is 0.143. The Morgan fingerprint density at radius 2 is 1.95 bits per heavy atom. The van der Waals surface area contributed by atoms with Crippen molar-refractivity contribution in [2.75, 3.05) is 5.32 Å². The van der Waals surface area contributed by atoms with Gasteiger partial charge in [-0.25, -0.2) is 4.79 Å². The molecule has 0 aliphatic rings. The summed E-state index contributed by atoms with van der Waals surface area (Å²) in [5, 5.41) is 11.7. The first kappa shape index (κ1) is 14.8. The van der Waals surface area contributed by atoms with Crippen molar-refractivity contribution in [2.45, 2.75) is 13.1 Å². The second-order valence-electron chi connectivity index (χ2n) is 4.38. The van der Waals surface area contributed by atoms with E-state index in [0.717, 1.165) is 12.1 Å². The molecule has 1 heterocycles. The standard InChI is InChI=1S/C14H11F3N2O2/c1-8-2-3-9(14(15,16)17)6-11(8)19-12-7-18-5-4-10(12)13(20)21/h2-7,19H,1H3,(H,20,21). The Bertz CT molecular complexity index is 684. The summed E-state index contributed by atoms with van der Waals surface area (Å²) in [7, 11) is 0. The zero-order valence-electron chi connectivity index (χ0n) is 10.9. The number of carboxylic acid groups (broad SMARTS) is 1. The summed E-state index contributed by atoms with van der Waals surface area (Å²) in [6.45, 7) is 1.62. The third-order valence-corrected chi connectivity index (χ3v) is 2.89. The van der Waals surface area contributed by atoms with Crippen molar-refractivity contribution in [1.29, 1.82) is 0 Å². The average Bonchev–Trinajstić information content (AvgIpc) is 2.40. The van der Waals surface area contributed by atoms with Gasteiger partial charge in [-0.1, -0.05) is 6.07 Å². The first-order chi connectivity index (χ1) is 9.79. The molecule has 0 atom stereocenters. The molecule has 2 N–H and O–H groups in total. The van der Waals surface area contributed by atoms with E-state index in [0.29, 0.717) is 5.56 Å². The highest BCUT2D eigenvalue weighted by Crippen LogP contribution is 2.33. The quantitative estimate of drug-likeness (QED) is 0.903. The highest BCUT2D eigenvalue weighted by atomic mass is 19.4. The maximum atomic E-state index is 12.7. The van der Waals surface area contributed by atoms with E-state index in [2.05, 4.69) is 10.3 Å². The summed E-state index contributed by atoms with van der Waals surface area (Å²) in [5.74, 6) is -1.19. The van der Waals surface area contributed by atoms with Crippen molar-refractivity contribution in [2.24, 2.45) is 0 Å². The highest BCUT2D eigenvalue weighted by Gasteiger charge is 2.30. The Hall–Kier alpha value is -2.57. The van der Waals surface area contributed by atoms with Crippen LogP contribution in [0.5, 0.6) is 0 Å². The van der Waals surface area contributed by atoms with E-state index in [1.165, 1.54) is 24.5 Å². The third-order valence-electron chi connectivity index (χ3n) is 2.89. The number of rotatable bonds is 3. The van der Waals surface area contributed by atoms with Gasteiger partial charge in [-0.05, 0) is 30.7 Å². The maximum absolute atomic E-state index is 12.7. The van der Waals surface area contributed by atoms with Crippen LogP contribution in [0.2, 0.25) is 0 Å². The van der Waals surface area contributed by atoms with Crippen molar-refractivity contribution < 1.29 is 23.1 Å². The molecule has 0 amide bonds. The molecule has 0 spiro atoms. The molecule has 0 saturated carbocycles. The highest BCUT2D eigenvalue weighted by molar-refractivity contribution is 5.94. The first-order valence-electron chi connectivity index (χ1n) is 5.91. The van der Waals surface area contributed by atoms with E-state index >= 15 is 0 Å². The minimum absolute atomic E-state index is 0.0678. The number of benzene rings is 1. The van der Waals surface area contributed by atoms with Crippen LogP contribution in [0.4, 0.5) is 24.5 Å². The number of halogens is 3. The van der Waals surface area contributed by atoms with Crippen LogP contribution in [0.1, 0.15) is 21.5 Å². The largest absolute Gasteiger partial charge is 0.478 e. The molecule has 0 saturated heterocycles. The molecule has 0 radical (unpaired) electrons. The molecular formula is C14H11F3N2O2. The molecule has 110 valence electrons. The molecule has 0 unspecified atom stereocenters. The fourth-order valence-corrected chi connectivity index (χ4v) is 1.76. The summed E-state index contributed by atoms with van der Waals surface area (Å²) in [5.41, 5.74) is -0.00545. The topological polar surface area (TPSA) is 62.2 Å². The van der Waals surface area contributed by atoms with Gasteiger partial charge in [0, 0.05) is 11.9 Å². The molecule has 1 aromatic carbocycles. The van der Waals surface area contributed by atoms with Crippen LogP contribution in [-0.4, -0.2) is 16.1 Å². The van der Waals surface area contributed by atoms with Gasteiger partial charge in [-0.2, -0.15) is 13.2 Å². The molecule has 2 aromatic rings. The van der Waals surface area contributed by atoms with Crippen LogP contribution in [0.15, 0.2) is 36.7 Å². The zero-order valence-corrected chi connectivity index (χ0v) is 10.9. The summed E-state index contributed by atoms with van der Waals surface area (Å²) in [6.07, 6.45) is -1.91. The number of aryl methyl sites for hydroxylation is 1.